The lowest BCUT2D eigenvalue weighted by atomic mass is 10.1. The van der Waals surface area contributed by atoms with Crippen molar-refractivity contribution in [3.05, 3.63) is 63.7 Å². The molecule has 162 valence electrons. The van der Waals surface area contributed by atoms with E-state index >= 15 is 0 Å². The fraction of sp³-hybridized carbons (Fsp3) is 0.333. The zero-order chi connectivity index (χ0) is 22.3. The van der Waals surface area contributed by atoms with Crippen molar-refractivity contribution in [3.8, 4) is 0 Å². The maximum Gasteiger partial charge on any atom is 0.244 e. The predicted molar refractivity (Wildman–Crippen MR) is 126 cm³/mol. The van der Waals surface area contributed by atoms with E-state index in [4.69, 9.17) is 0 Å². The van der Waals surface area contributed by atoms with E-state index in [1.54, 1.807) is 24.3 Å². The van der Waals surface area contributed by atoms with Gasteiger partial charge in [0.2, 0.25) is 21.8 Å². The van der Waals surface area contributed by atoms with E-state index in [-0.39, 0.29) is 19.0 Å². The molecule has 0 saturated heterocycles. The number of likely N-dealkylation sites (N-methyl/N-ethyl adjacent to an activating group) is 1. The van der Waals surface area contributed by atoms with Gasteiger partial charge in [-0.05, 0) is 58.8 Å². The molecule has 9 heteroatoms. The maximum atomic E-state index is 13.3. The molecule has 7 nitrogen and oxygen atoms in total. The summed E-state index contributed by atoms with van der Waals surface area (Å²) >= 11 is 2.13. The lowest BCUT2D eigenvalue weighted by Crippen LogP contribution is -2.51. The molecule has 1 N–H and O–H groups in total. The first kappa shape index (κ1) is 24.1. The van der Waals surface area contributed by atoms with Crippen molar-refractivity contribution < 1.29 is 18.0 Å². The van der Waals surface area contributed by atoms with Crippen LogP contribution in [0.4, 0.5) is 5.69 Å². The molecule has 0 spiro atoms. The Morgan fingerprint density at radius 3 is 2.17 bits per heavy atom. The quantitative estimate of drug-likeness (QED) is 0.493. The van der Waals surface area contributed by atoms with Crippen LogP contribution in [0.2, 0.25) is 0 Å². The van der Waals surface area contributed by atoms with E-state index < -0.39 is 22.0 Å². The number of hydrogen-bond donors (Lipinski definition) is 1. The first-order valence-corrected chi connectivity index (χ1v) is 12.4. The molecule has 0 heterocycles. The van der Waals surface area contributed by atoms with Crippen molar-refractivity contribution in [2.75, 3.05) is 24.2 Å². The highest BCUT2D eigenvalue weighted by molar-refractivity contribution is 14.1. The van der Waals surface area contributed by atoms with Gasteiger partial charge in [0.1, 0.15) is 12.6 Å². The molecule has 2 aromatic carbocycles. The number of carbonyl (C=O) groups excluding carboxylic acids is 2. The molecule has 0 aliphatic heterocycles. The minimum atomic E-state index is -3.71. The van der Waals surface area contributed by atoms with E-state index in [1.165, 1.54) is 11.9 Å². The summed E-state index contributed by atoms with van der Waals surface area (Å²) in [4.78, 5) is 27.2. The maximum absolute atomic E-state index is 13.3. The topological polar surface area (TPSA) is 86.8 Å². The number of sulfonamides is 1. The molecule has 0 unspecified atom stereocenters. The summed E-state index contributed by atoms with van der Waals surface area (Å²) < 4.78 is 26.9. The normalized spacial score (nSPS) is 12.1. The van der Waals surface area contributed by atoms with Crippen LogP contribution in [0.15, 0.2) is 54.6 Å². The molecule has 0 bridgehead atoms. The van der Waals surface area contributed by atoms with Gasteiger partial charge in [-0.1, -0.05) is 37.3 Å². The number of carbonyl (C=O) groups is 2. The van der Waals surface area contributed by atoms with E-state index in [1.807, 2.05) is 37.3 Å². The Balaban J connectivity index is 2.39. The summed E-state index contributed by atoms with van der Waals surface area (Å²) in [6.07, 6.45) is 1.47. The zero-order valence-corrected chi connectivity index (χ0v) is 20.2. The number of rotatable bonds is 9. The van der Waals surface area contributed by atoms with E-state index in [0.29, 0.717) is 12.1 Å². The van der Waals surface area contributed by atoms with Gasteiger partial charge in [0.25, 0.3) is 0 Å². The predicted octanol–water partition coefficient (Wildman–Crippen LogP) is 2.61. The van der Waals surface area contributed by atoms with Crippen molar-refractivity contribution in [1.29, 1.82) is 0 Å². The van der Waals surface area contributed by atoms with Gasteiger partial charge in [-0.25, -0.2) is 8.42 Å². The standard InChI is InChI=1S/C21H26IN3O4S/c1-4-19(21(27)23-2)24(14-16-8-6-5-7-9-16)20(26)15-25(30(3,28)29)18-12-10-17(22)11-13-18/h5-13,19H,4,14-15H2,1-3H3,(H,23,27)/t19-/m1/s1. The molecule has 0 radical (unpaired) electrons. The monoisotopic (exact) mass is 543 g/mol. The van der Waals surface area contributed by atoms with Gasteiger partial charge in [-0.2, -0.15) is 0 Å². The molecular weight excluding hydrogens is 517 g/mol. The van der Waals surface area contributed by atoms with E-state index in [9.17, 15) is 18.0 Å². The van der Waals surface area contributed by atoms with Crippen molar-refractivity contribution >= 4 is 50.1 Å². The minimum absolute atomic E-state index is 0.204. The third-order valence-corrected chi connectivity index (χ3v) is 6.48. The van der Waals surface area contributed by atoms with Gasteiger partial charge in [-0.15, -0.1) is 0 Å². The summed E-state index contributed by atoms with van der Waals surface area (Å²) in [5, 5.41) is 2.59. The summed E-state index contributed by atoms with van der Waals surface area (Å²) in [5.74, 6) is -0.736. The summed E-state index contributed by atoms with van der Waals surface area (Å²) in [5.41, 5.74) is 1.26. The number of nitrogens with zero attached hydrogens (tertiary/aromatic N) is 2. The largest absolute Gasteiger partial charge is 0.357 e. The average Bonchev–Trinajstić information content (AvgIpc) is 2.72. The SMILES string of the molecule is CC[C@H](C(=O)NC)N(Cc1ccccc1)C(=O)CN(c1ccc(I)cc1)S(C)(=O)=O. The van der Waals surface area contributed by atoms with Crippen molar-refractivity contribution in [2.45, 2.75) is 25.9 Å². The number of benzene rings is 2. The first-order chi connectivity index (χ1) is 14.2. The molecule has 2 rings (SSSR count). The smallest absolute Gasteiger partial charge is 0.244 e. The Bertz CT molecular complexity index is 966. The van der Waals surface area contributed by atoms with Crippen LogP contribution in [0, 0.1) is 3.57 Å². The van der Waals surface area contributed by atoms with Gasteiger partial charge in [0, 0.05) is 17.2 Å². The third kappa shape index (κ3) is 6.43. The molecular formula is C21H26IN3O4S. The lowest BCUT2D eigenvalue weighted by Gasteiger charge is -2.32. The van der Waals surface area contributed by atoms with Crippen LogP contribution in [0.1, 0.15) is 18.9 Å². The van der Waals surface area contributed by atoms with Gasteiger partial charge in [-0.3, -0.25) is 13.9 Å². The average molecular weight is 543 g/mol. The van der Waals surface area contributed by atoms with Gasteiger partial charge in [0.05, 0.1) is 11.9 Å². The number of amides is 2. The van der Waals surface area contributed by atoms with Gasteiger partial charge in [0.15, 0.2) is 0 Å². The van der Waals surface area contributed by atoms with E-state index in [0.717, 1.165) is 19.7 Å². The number of nitrogens with one attached hydrogen (secondary N) is 1. The van der Waals surface area contributed by atoms with Crippen LogP contribution in [-0.2, 0) is 26.2 Å². The highest BCUT2D eigenvalue weighted by Gasteiger charge is 2.31. The van der Waals surface area contributed by atoms with Crippen molar-refractivity contribution in [3.63, 3.8) is 0 Å². The first-order valence-electron chi connectivity index (χ1n) is 9.45. The summed E-state index contributed by atoms with van der Waals surface area (Å²) in [7, 11) is -2.19. The van der Waals surface area contributed by atoms with Crippen LogP contribution in [-0.4, -0.2) is 51.0 Å². The second kappa shape index (κ2) is 10.8. The number of halogens is 1. The van der Waals surface area contributed by atoms with Crippen LogP contribution in [0.5, 0.6) is 0 Å². The Kier molecular flexibility index (Phi) is 8.65. The molecule has 2 aromatic rings. The third-order valence-electron chi connectivity index (χ3n) is 4.62. The second-order valence-corrected chi connectivity index (χ2v) is 9.94. The highest BCUT2D eigenvalue weighted by Crippen LogP contribution is 2.21. The Morgan fingerprint density at radius 2 is 1.67 bits per heavy atom. The summed E-state index contributed by atoms with van der Waals surface area (Å²) in [6.45, 7) is 1.63. The summed E-state index contributed by atoms with van der Waals surface area (Å²) in [6, 6.07) is 15.5. The van der Waals surface area contributed by atoms with Crippen molar-refractivity contribution in [2.24, 2.45) is 0 Å². The fourth-order valence-corrected chi connectivity index (χ4v) is 4.30. The molecule has 0 aliphatic carbocycles. The fourth-order valence-electron chi connectivity index (χ4n) is 3.09. The molecule has 1 atom stereocenters. The molecule has 0 saturated carbocycles. The highest BCUT2D eigenvalue weighted by atomic mass is 127. The number of hydrogen-bond acceptors (Lipinski definition) is 4. The molecule has 0 aromatic heterocycles. The molecule has 2 amide bonds. The Hall–Kier alpha value is -2.14. The second-order valence-electron chi connectivity index (χ2n) is 6.79. The van der Waals surface area contributed by atoms with Crippen LogP contribution >= 0.6 is 22.6 Å². The van der Waals surface area contributed by atoms with Gasteiger partial charge < -0.3 is 10.2 Å². The van der Waals surface area contributed by atoms with Crippen LogP contribution in [0.25, 0.3) is 0 Å². The van der Waals surface area contributed by atoms with Crippen LogP contribution < -0.4 is 9.62 Å². The van der Waals surface area contributed by atoms with Gasteiger partial charge >= 0.3 is 0 Å². The molecule has 30 heavy (non-hydrogen) atoms. The van der Waals surface area contributed by atoms with Crippen LogP contribution in [0.3, 0.4) is 0 Å². The number of anilines is 1. The Labute approximate surface area is 191 Å². The minimum Gasteiger partial charge on any atom is -0.357 e. The Morgan fingerprint density at radius 1 is 1.07 bits per heavy atom. The molecule has 0 aliphatic rings. The van der Waals surface area contributed by atoms with Crippen molar-refractivity contribution in [1.82, 2.24) is 10.2 Å². The van der Waals surface area contributed by atoms with E-state index in [2.05, 4.69) is 27.9 Å². The lowest BCUT2D eigenvalue weighted by molar-refractivity contribution is -0.140. The zero-order valence-electron chi connectivity index (χ0n) is 17.2. The molecule has 0 fully saturated rings.